The lowest BCUT2D eigenvalue weighted by molar-refractivity contribution is -0.272. The largest absolute Gasteiger partial charge is 0.394 e. The number of hydrogen-bond donors (Lipinski definition) is 17. The number of rotatable bonds is 40. The number of amides is 7. The quantitative estimate of drug-likeness (QED) is 0.0214. The molecule has 0 spiro atoms. The van der Waals surface area contributed by atoms with Crippen LogP contribution in [0.5, 0.6) is 0 Å². The van der Waals surface area contributed by atoms with Crippen LogP contribution in [0.2, 0.25) is 0 Å². The van der Waals surface area contributed by atoms with E-state index in [0.717, 1.165) is 0 Å². The second-order valence-electron chi connectivity index (χ2n) is 22.8. The Bertz CT molecular complexity index is 2440. The van der Waals surface area contributed by atoms with E-state index in [1.807, 2.05) is 0 Å². The van der Waals surface area contributed by atoms with Crippen molar-refractivity contribution in [2.45, 2.75) is 163 Å². The van der Waals surface area contributed by atoms with Gasteiger partial charge >= 0.3 is 8.25 Å². The molecule has 5 rings (SSSR count). The summed E-state index contributed by atoms with van der Waals surface area (Å²) in [6.45, 7) is -0.612. The predicted molar refractivity (Wildman–Crippen MR) is 321 cm³/mol. The lowest BCUT2D eigenvalue weighted by Gasteiger charge is -2.42. The molecule has 17 atom stereocenters. The molecule has 3 aliphatic heterocycles. The summed E-state index contributed by atoms with van der Waals surface area (Å²) in [6.07, 6.45) is -15.3. The van der Waals surface area contributed by atoms with Gasteiger partial charge in [-0.05, 0) is 43.2 Å². The second-order valence-corrected chi connectivity index (χ2v) is 23.5. The third kappa shape index (κ3) is 26.4. The van der Waals surface area contributed by atoms with Crippen molar-refractivity contribution in [3.05, 3.63) is 35.4 Å². The van der Waals surface area contributed by atoms with E-state index in [0.29, 0.717) is 36.8 Å². The molecule has 3 heterocycles. The van der Waals surface area contributed by atoms with Crippen molar-refractivity contribution in [2.24, 2.45) is 5.92 Å². The van der Waals surface area contributed by atoms with Gasteiger partial charge in [-0.15, -0.1) is 0 Å². The summed E-state index contributed by atoms with van der Waals surface area (Å²) < 4.78 is 67.0. The zero-order valence-corrected chi connectivity index (χ0v) is 53.7. The van der Waals surface area contributed by atoms with Gasteiger partial charge in [0.2, 0.25) is 41.4 Å². The molecule has 94 heavy (non-hydrogen) atoms. The Hall–Kier alpha value is -5.10. The molecular weight excluding hydrogens is 1280 g/mol. The molecule has 1 aromatic rings. The van der Waals surface area contributed by atoms with Gasteiger partial charge in [-0.1, -0.05) is 24.3 Å². The van der Waals surface area contributed by atoms with E-state index in [1.165, 1.54) is 25.7 Å². The monoisotopic (exact) mass is 1370 g/mol. The van der Waals surface area contributed by atoms with Gasteiger partial charge in [0.15, 0.2) is 18.9 Å². The molecular formula is C57H95N8O28P. The number of aliphatic hydroxyl groups is 9. The third-order valence-electron chi connectivity index (χ3n) is 15.6. The first-order valence-electron chi connectivity index (χ1n) is 31.0. The third-order valence-corrected chi connectivity index (χ3v) is 16.2. The molecule has 1 saturated carbocycles. The van der Waals surface area contributed by atoms with Crippen molar-refractivity contribution in [3.63, 3.8) is 0 Å². The van der Waals surface area contributed by atoms with Crippen molar-refractivity contribution in [3.8, 4) is 0 Å². The number of aliphatic hydroxyl groups excluding tert-OH is 9. The molecule has 0 bridgehead atoms. The van der Waals surface area contributed by atoms with Gasteiger partial charge < -0.3 is 135 Å². The topological polar surface area (TPSA) is 519 Å². The zero-order chi connectivity index (χ0) is 68.9. The van der Waals surface area contributed by atoms with Crippen LogP contribution in [0.3, 0.4) is 0 Å². The number of ether oxygens (including phenoxy) is 9. The SMILES string of the molecule is CC(=O)NC1C(OCCOCCNC(=O)CN(CC(=O)NCCOCCOC2OC(CO)C(O)C(O)C2NC(C)=O)C(Cc2ccc(CNC(=O)[C@H]3CC[C@@H](O[PH](=O)O)CC3)cc2)C(=O)NCCOCCOC2OC(CO)C(O)C(O)C2NC(C)=O)OC(CO)C(O)C1O. The minimum Gasteiger partial charge on any atom is -0.394 e. The fourth-order valence-electron chi connectivity index (χ4n) is 10.8. The Morgan fingerprint density at radius 2 is 0.894 bits per heavy atom. The number of carbonyl (C=O) groups excluding carboxylic acids is 7. The van der Waals surface area contributed by atoms with Crippen LogP contribution in [0, 0.1) is 5.92 Å². The summed E-state index contributed by atoms with van der Waals surface area (Å²) in [5.41, 5.74) is 1.27. The summed E-state index contributed by atoms with van der Waals surface area (Å²) in [4.78, 5) is 101. The Labute approximate surface area is 543 Å². The van der Waals surface area contributed by atoms with Gasteiger partial charge in [0.25, 0.3) is 0 Å². The van der Waals surface area contributed by atoms with Crippen LogP contribution in [0.4, 0.5) is 0 Å². The molecule has 17 unspecified atom stereocenters. The maximum absolute atomic E-state index is 14.5. The summed E-state index contributed by atoms with van der Waals surface area (Å²) in [6, 6.07) is 2.09. The molecule has 1 aromatic carbocycles. The molecule has 4 aliphatic rings. The summed E-state index contributed by atoms with van der Waals surface area (Å²) in [5, 5.41) is 110. The highest BCUT2D eigenvalue weighted by atomic mass is 31.1. The summed E-state index contributed by atoms with van der Waals surface area (Å²) in [5.74, 6) is -4.09. The van der Waals surface area contributed by atoms with Crippen LogP contribution in [0.1, 0.15) is 57.6 Å². The highest BCUT2D eigenvalue weighted by Gasteiger charge is 2.48. The fourth-order valence-corrected chi connectivity index (χ4v) is 11.3. The Kier molecular flexibility index (Phi) is 35.5. The highest BCUT2D eigenvalue weighted by molar-refractivity contribution is 7.32. The first-order valence-corrected chi connectivity index (χ1v) is 32.3. The Balaban J connectivity index is 1.25. The summed E-state index contributed by atoms with van der Waals surface area (Å²) >= 11 is 0. The van der Waals surface area contributed by atoms with Crippen molar-refractivity contribution < 1.29 is 136 Å². The Morgan fingerprint density at radius 3 is 1.26 bits per heavy atom. The highest BCUT2D eigenvalue weighted by Crippen LogP contribution is 2.32. The number of benzene rings is 1. The molecule has 0 radical (unpaired) electrons. The van der Waals surface area contributed by atoms with Crippen LogP contribution in [-0.4, -0.2) is 313 Å². The van der Waals surface area contributed by atoms with Crippen LogP contribution in [-0.2, 0) is 98.2 Å². The molecule has 0 aromatic heterocycles. The zero-order valence-electron chi connectivity index (χ0n) is 52.7. The average Bonchev–Trinajstić information content (AvgIpc) is 0.831. The van der Waals surface area contributed by atoms with Crippen molar-refractivity contribution in [1.29, 1.82) is 0 Å². The molecule has 1 aliphatic carbocycles. The molecule has 36 nitrogen and oxygen atoms in total. The number of nitrogens with one attached hydrogen (secondary N) is 7. The van der Waals surface area contributed by atoms with Crippen LogP contribution < -0.4 is 37.2 Å². The van der Waals surface area contributed by atoms with Gasteiger partial charge in [0, 0.05) is 52.9 Å². The van der Waals surface area contributed by atoms with Crippen molar-refractivity contribution in [1.82, 2.24) is 42.1 Å². The van der Waals surface area contributed by atoms with Crippen LogP contribution in [0.25, 0.3) is 0 Å². The van der Waals surface area contributed by atoms with Crippen molar-refractivity contribution in [2.75, 3.05) is 112 Å². The molecule has 17 N–H and O–H groups in total. The minimum absolute atomic E-state index is 0.0795. The van der Waals surface area contributed by atoms with E-state index in [1.54, 1.807) is 24.3 Å². The normalized spacial score (nSPS) is 29.3. The molecule has 3 saturated heterocycles. The van der Waals surface area contributed by atoms with E-state index in [4.69, 9.17) is 52.0 Å². The lowest BCUT2D eigenvalue weighted by Crippen LogP contribution is -2.64. The fraction of sp³-hybridized carbons (Fsp3) is 0.772. The molecule has 37 heteroatoms. The van der Waals surface area contributed by atoms with Crippen LogP contribution in [0.15, 0.2) is 24.3 Å². The van der Waals surface area contributed by atoms with Gasteiger partial charge in [0.05, 0.1) is 105 Å². The Morgan fingerprint density at radius 1 is 0.521 bits per heavy atom. The first kappa shape index (κ1) is 79.6. The van der Waals surface area contributed by atoms with E-state index < -0.39 is 181 Å². The minimum atomic E-state index is -3.11. The van der Waals surface area contributed by atoms with Gasteiger partial charge in [-0.25, -0.2) is 0 Å². The second kappa shape index (κ2) is 41.9. The van der Waals surface area contributed by atoms with Gasteiger partial charge in [-0.2, -0.15) is 0 Å². The number of nitrogens with zero attached hydrogens (tertiary/aromatic N) is 1. The summed E-state index contributed by atoms with van der Waals surface area (Å²) in [7, 11) is -3.11. The molecule has 7 amide bonds. The number of carbonyl (C=O) groups is 7. The smallest absolute Gasteiger partial charge is 0.316 e. The lowest BCUT2D eigenvalue weighted by atomic mass is 9.87. The standard InChI is InChI=1S/C57H95N8O28P/c1-31(69)62-44-50(77)47(74)39(28-66)90-55(44)87-21-18-84-15-12-58-42(72)26-65(27-43(73)59-13-16-85-19-22-88-56-45(63-32(2)70)51(78)48(75)40(29-67)91-56)38(24-34-4-6-35(7-5-34)25-61-53(80)36-8-10-37(11-9-36)93-94(82)83)54(81)60-14-17-86-20-23-89-57-46(64-33(3)71)52(79)49(76)41(30-68)92-57/h4-7,36-41,44-52,55-57,66-68,74-79,94H,8-30H2,1-3H3,(H,58,72)(H,59,73)(H,60,81)(H,61,80)(H,62,69)(H,63,70)(H,64,71)(H,82,83)/t36-,37+,38?,39?,40?,41?,44?,45?,46?,47?,48?,49?,50?,51?,52?,55?,56?,57?. The van der Waals surface area contributed by atoms with Gasteiger partial charge in [-0.3, -0.25) is 43.0 Å². The predicted octanol–water partition coefficient (Wildman–Crippen LogP) is -8.25. The van der Waals surface area contributed by atoms with E-state index >= 15 is 0 Å². The van der Waals surface area contributed by atoms with E-state index in [2.05, 4.69) is 37.2 Å². The number of hydrogen-bond acceptors (Lipinski definition) is 28. The van der Waals surface area contributed by atoms with Crippen molar-refractivity contribution >= 4 is 49.6 Å². The average molecular weight is 1370 g/mol. The van der Waals surface area contributed by atoms with E-state index in [9.17, 15) is 84.1 Å². The van der Waals surface area contributed by atoms with E-state index in [-0.39, 0.29) is 104 Å². The molecule has 536 valence electrons. The maximum atomic E-state index is 14.5. The maximum Gasteiger partial charge on any atom is 0.316 e. The first-order chi connectivity index (χ1) is 44.9. The van der Waals surface area contributed by atoms with Crippen LogP contribution >= 0.6 is 8.25 Å². The molecule has 4 fully saturated rings. The van der Waals surface area contributed by atoms with Gasteiger partial charge in [0.1, 0.15) is 73.1 Å².